The van der Waals surface area contributed by atoms with Gasteiger partial charge in [0.15, 0.2) is 5.78 Å². The van der Waals surface area contributed by atoms with Crippen molar-refractivity contribution in [1.82, 2.24) is 5.32 Å². The number of hydrogen-bond donors (Lipinski definition) is 1. The summed E-state index contributed by atoms with van der Waals surface area (Å²) in [5.74, 6) is 0.372. The molecule has 0 spiro atoms. The molecule has 0 saturated carbocycles. The molecule has 0 saturated heterocycles. The number of hydrogen-bond acceptors (Lipinski definition) is 2. The summed E-state index contributed by atoms with van der Waals surface area (Å²) >= 11 is 0. The molecule has 0 radical (unpaired) electrons. The Labute approximate surface area is 117 Å². The van der Waals surface area contributed by atoms with Crippen molar-refractivity contribution in [3.8, 4) is 0 Å². The Kier molecular flexibility index (Phi) is 5.74. The molecule has 1 atom stereocenters. The van der Waals surface area contributed by atoms with Crippen molar-refractivity contribution >= 4 is 5.78 Å². The summed E-state index contributed by atoms with van der Waals surface area (Å²) in [5, 5.41) is 3.41. The second-order valence-electron chi connectivity index (χ2n) is 6.01. The maximum Gasteiger partial charge on any atom is 0.152 e. The van der Waals surface area contributed by atoms with Gasteiger partial charge in [0, 0.05) is 12.0 Å². The number of carbonyl (C=O) groups is 1. The molecule has 0 fully saturated rings. The monoisotopic (exact) mass is 261 g/mol. The summed E-state index contributed by atoms with van der Waals surface area (Å²) in [5.41, 5.74) is 3.84. The highest BCUT2D eigenvalue weighted by molar-refractivity contribution is 5.86. The van der Waals surface area contributed by atoms with Crippen LogP contribution in [0.25, 0.3) is 0 Å². The van der Waals surface area contributed by atoms with Crippen molar-refractivity contribution in [3.05, 3.63) is 34.9 Å². The molecule has 0 aliphatic rings. The number of aryl methyl sites for hydroxylation is 2. The van der Waals surface area contributed by atoms with Gasteiger partial charge in [-0.25, -0.2) is 0 Å². The molecule has 0 amide bonds. The predicted molar refractivity (Wildman–Crippen MR) is 81.5 cm³/mol. The van der Waals surface area contributed by atoms with Crippen LogP contribution in [0.1, 0.15) is 44.4 Å². The van der Waals surface area contributed by atoms with Crippen molar-refractivity contribution in [2.45, 2.75) is 60.0 Å². The molecule has 1 rings (SSSR count). The van der Waals surface area contributed by atoms with Gasteiger partial charge < -0.3 is 5.32 Å². The molecular formula is C17H27NO. The predicted octanol–water partition coefficient (Wildman–Crippen LogP) is 3.44. The maximum atomic E-state index is 12.3. The van der Waals surface area contributed by atoms with Crippen LogP contribution in [0, 0.1) is 19.8 Å². The molecular weight excluding hydrogens is 234 g/mol. The Balaban J connectivity index is 2.97. The van der Waals surface area contributed by atoms with Crippen molar-refractivity contribution < 1.29 is 4.79 Å². The molecule has 2 heteroatoms. The number of rotatable bonds is 6. The van der Waals surface area contributed by atoms with Gasteiger partial charge >= 0.3 is 0 Å². The first-order valence-corrected chi connectivity index (χ1v) is 7.17. The number of ketones is 1. The highest BCUT2D eigenvalue weighted by atomic mass is 16.1. The van der Waals surface area contributed by atoms with Gasteiger partial charge in [-0.2, -0.15) is 0 Å². The summed E-state index contributed by atoms with van der Waals surface area (Å²) in [7, 11) is 0. The Morgan fingerprint density at radius 2 is 1.63 bits per heavy atom. The minimum Gasteiger partial charge on any atom is -0.305 e. The standard InChI is InChI=1S/C17H27NO/c1-11(2)17(19)16(18-12(3)4)10-15-13(5)8-7-9-14(15)6/h7-9,11-12,16,18H,10H2,1-6H3/t16-/m1/s1. The van der Waals surface area contributed by atoms with Crippen LogP contribution in [-0.2, 0) is 11.2 Å². The Hall–Kier alpha value is -1.15. The zero-order chi connectivity index (χ0) is 14.6. The zero-order valence-corrected chi connectivity index (χ0v) is 13.1. The third-order valence-electron chi connectivity index (χ3n) is 3.50. The lowest BCUT2D eigenvalue weighted by molar-refractivity contribution is -0.124. The first-order chi connectivity index (χ1) is 8.82. The molecule has 0 unspecified atom stereocenters. The van der Waals surface area contributed by atoms with Crippen molar-refractivity contribution in [3.63, 3.8) is 0 Å². The van der Waals surface area contributed by atoms with E-state index in [0.29, 0.717) is 11.8 Å². The maximum absolute atomic E-state index is 12.3. The second kappa shape index (κ2) is 6.85. The molecule has 1 aromatic carbocycles. The zero-order valence-electron chi connectivity index (χ0n) is 13.1. The van der Waals surface area contributed by atoms with E-state index in [1.165, 1.54) is 16.7 Å². The number of nitrogens with one attached hydrogen (secondary N) is 1. The van der Waals surface area contributed by atoms with Gasteiger partial charge in [-0.15, -0.1) is 0 Å². The van der Waals surface area contributed by atoms with Crippen LogP contribution in [0.5, 0.6) is 0 Å². The molecule has 1 N–H and O–H groups in total. The lowest BCUT2D eigenvalue weighted by Crippen LogP contribution is -2.44. The number of carbonyl (C=O) groups excluding carboxylic acids is 1. The van der Waals surface area contributed by atoms with Crippen LogP contribution in [0.3, 0.4) is 0 Å². The van der Waals surface area contributed by atoms with Gasteiger partial charge in [0.05, 0.1) is 6.04 Å². The van der Waals surface area contributed by atoms with Crippen LogP contribution >= 0.6 is 0 Å². The van der Waals surface area contributed by atoms with Gasteiger partial charge in [-0.3, -0.25) is 4.79 Å². The second-order valence-corrected chi connectivity index (χ2v) is 6.01. The number of Topliss-reactive ketones (excluding diaryl/α,β-unsaturated/α-hetero) is 1. The van der Waals surface area contributed by atoms with E-state index >= 15 is 0 Å². The van der Waals surface area contributed by atoms with E-state index in [2.05, 4.69) is 51.2 Å². The molecule has 0 aromatic heterocycles. The fourth-order valence-electron chi connectivity index (χ4n) is 2.42. The third-order valence-corrected chi connectivity index (χ3v) is 3.50. The molecule has 1 aromatic rings. The van der Waals surface area contributed by atoms with E-state index in [1.54, 1.807) is 0 Å². The molecule has 2 nitrogen and oxygen atoms in total. The Morgan fingerprint density at radius 3 is 2.05 bits per heavy atom. The van der Waals surface area contributed by atoms with Crippen LogP contribution < -0.4 is 5.32 Å². The van der Waals surface area contributed by atoms with Gasteiger partial charge in [0.2, 0.25) is 0 Å². The first kappa shape index (κ1) is 15.9. The van der Waals surface area contributed by atoms with E-state index in [4.69, 9.17) is 0 Å². The fraction of sp³-hybridized carbons (Fsp3) is 0.588. The summed E-state index contributed by atoms with van der Waals surface area (Å²) in [6.07, 6.45) is 0.785. The lowest BCUT2D eigenvalue weighted by atomic mass is 9.91. The SMILES string of the molecule is Cc1cccc(C)c1C[C@@H](NC(C)C)C(=O)C(C)C. The largest absolute Gasteiger partial charge is 0.305 e. The average Bonchev–Trinajstić information content (AvgIpc) is 2.31. The smallest absolute Gasteiger partial charge is 0.152 e. The minimum absolute atomic E-state index is 0.0700. The summed E-state index contributed by atoms with van der Waals surface area (Å²) in [4.78, 5) is 12.3. The van der Waals surface area contributed by atoms with E-state index < -0.39 is 0 Å². The number of benzene rings is 1. The van der Waals surface area contributed by atoms with Gasteiger partial charge in [-0.1, -0.05) is 45.9 Å². The third kappa shape index (κ3) is 4.46. The molecule has 0 heterocycles. The van der Waals surface area contributed by atoms with E-state index in [1.807, 2.05) is 13.8 Å². The first-order valence-electron chi connectivity index (χ1n) is 7.17. The van der Waals surface area contributed by atoms with Crippen LogP contribution in [0.2, 0.25) is 0 Å². The van der Waals surface area contributed by atoms with E-state index in [-0.39, 0.29) is 12.0 Å². The van der Waals surface area contributed by atoms with Gasteiger partial charge in [-0.05, 0) is 37.0 Å². The van der Waals surface area contributed by atoms with Crippen LogP contribution in [0.15, 0.2) is 18.2 Å². The highest BCUT2D eigenvalue weighted by Crippen LogP contribution is 2.17. The van der Waals surface area contributed by atoms with Gasteiger partial charge in [0.1, 0.15) is 0 Å². The Bertz CT molecular complexity index is 415. The van der Waals surface area contributed by atoms with E-state index in [9.17, 15) is 4.79 Å². The summed E-state index contributed by atoms with van der Waals surface area (Å²) in [6.45, 7) is 12.4. The van der Waals surface area contributed by atoms with Crippen molar-refractivity contribution in [1.29, 1.82) is 0 Å². The van der Waals surface area contributed by atoms with Gasteiger partial charge in [0.25, 0.3) is 0 Å². The highest BCUT2D eigenvalue weighted by Gasteiger charge is 2.23. The van der Waals surface area contributed by atoms with Crippen LogP contribution in [-0.4, -0.2) is 17.9 Å². The molecule has 0 aliphatic heterocycles. The topological polar surface area (TPSA) is 29.1 Å². The molecule has 0 bridgehead atoms. The lowest BCUT2D eigenvalue weighted by Gasteiger charge is -2.23. The Morgan fingerprint density at radius 1 is 1.11 bits per heavy atom. The normalized spacial score (nSPS) is 13.1. The van der Waals surface area contributed by atoms with Crippen molar-refractivity contribution in [2.75, 3.05) is 0 Å². The quantitative estimate of drug-likeness (QED) is 0.850. The van der Waals surface area contributed by atoms with E-state index in [0.717, 1.165) is 6.42 Å². The fourth-order valence-corrected chi connectivity index (χ4v) is 2.42. The minimum atomic E-state index is -0.0835. The molecule has 106 valence electrons. The van der Waals surface area contributed by atoms with Crippen LogP contribution in [0.4, 0.5) is 0 Å². The molecule has 0 aliphatic carbocycles. The van der Waals surface area contributed by atoms with Crippen molar-refractivity contribution in [2.24, 2.45) is 5.92 Å². The average molecular weight is 261 g/mol. The summed E-state index contributed by atoms with van der Waals surface area (Å²) in [6, 6.07) is 6.55. The summed E-state index contributed by atoms with van der Waals surface area (Å²) < 4.78 is 0. The molecule has 19 heavy (non-hydrogen) atoms.